The van der Waals surface area contributed by atoms with Crippen molar-refractivity contribution in [3.8, 4) is 0 Å². The Balaban J connectivity index is 1.97. The van der Waals surface area contributed by atoms with Gasteiger partial charge >= 0.3 is 0 Å². The zero-order valence-corrected chi connectivity index (χ0v) is 14.6. The van der Waals surface area contributed by atoms with Crippen molar-refractivity contribution in [2.24, 2.45) is 0 Å². The highest BCUT2D eigenvalue weighted by molar-refractivity contribution is 6.30. The molecule has 0 aliphatic rings. The van der Waals surface area contributed by atoms with Crippen molar-refractivity contribution in [3.63, 3.8) is 0 Å². The number of halogens is 1. The fraction of sp³-hybridized carbons (Fsp3) is 0.263. The minimum atomic E-state index is -0.546. The Hall–Kier alpha value is -2.33. The topological polar surface area (TPSA) is 49.4 Å². The molecule has 1 atom stereocenters. The molecular weight excluding hydrogens is 324 g/mol. The summed E-state index contributed by atoms with van der Waals surface area (Å²) in [4.78, 5) is 25.9. The Labute approximate surface area is 147 Å². The van der Waals surface area contributed by atoms with Crippen molar-refractivity contribution in [2.45, 2.75) is 33.0 Å². The van der Waals surface area contributed by atoms with Crippen LogP contribution in [-0.2, 0) is 22.7 Å². The van der Waals surface area contributed by atoms with E-state index in [-0.39, 0.29) is 11.8 Å². The largest absolute Gasteiger partial charge is 0.350 e. The van der Waals surface area contributed by atoms with E-state index in [4.69, 9.17) is 11.6 Å². The standard InChI is InChI=1S/C19H21ClN2O2/c1-14(19(24)21-12-16-8-10-18(20)11-9-16)22(15(2)23)13-17-6-4-3-5-7-17/h3-11,14H,12-13H2,1-2H3,(H,21,24). The molecule has 0 saturated heterocycles. The Morgan fingerprint density at radius 1 is 1.04 bits per heavy atom. The maximum Gasteiger partial charge on any atom is 0.242 e. The second kappa shape index (κ2) is 8.50. The van der Waals surface area contributed by atoms with Gasteiger partial charge in [0.15, 0.2) is 0 Å². The van der Waals surface area contributed by atoms with Crippen LogP contribution in [0.15, 0.2) is 54.6 Å². The van der Waals surface area contributed by atoms with Crippen LogP contribution in [-0.4, -0.2) is 22.8 Å². The SMILES string of the molecule is CC(=O)N(Cc1ccccc1)C(C)C(=O)NCc1ccc(Cl)cc1. The van der Waals surface area contributed by atoms with E-state index in [1.807, 2.05) is 42.5 Å². The Morgan fingerprint density at radius 3 is 2.25 bits per heavy atom. The van der Waals surface area contributed by atoms with Crippen LogP contribution in [0.4, 0.5) is 0 Å². The quantitative estimate of drug-likeness (QED) is 0.873. The molecule has 0 aliphatic heterocycles. The lowest BCUT2D eigenvalue weighted by atomic mass is 10.1. The first-order valence-electron chi connectivity index (χ1n) is 7.80. The predicted molar refractivity (Wildman–Crippen MR) is 95.4 cm³/mol. The molecule has 126 valence electrons. The molecule has 0 bridgehead atoms. The van der Waals surface area contributed by atoms with Gasteiger partial charge in [0.25, 0.3) is 0 Å². The molecule has 1 N–H and O–H groups in total. The average Bonchev–Trinajstić information content (AvgIpc) is 2.59. The van der Waals surface area contributed by atoms with Crippen LogP contribution in [0.2, 0.25) is 5.02 Å². The molecule has 24 heavy (non-hydrogen) atoms. The van der Waals surface area contributed by atoms with Crippen LogP contribution in [0.25, 0.3) is 0 Å². The highest BCUT2D eigenvalue weighted by Gasteiger charge is 2.23. The highest BCUT2D eigenvalue weighted by atomic mass is 35.5. The number of nitrogens with zero attached hydrogens (tertiary/aromatic N) is 1. The van der Waals surface area contributed by atoms with Crippen molar-refractivity contribution in [1.82, 2.24) is 10.2 Å². The summed E-state index contributed by atoms with van der Waals surface area (Å²) in [6.45, 7) is 4.02. The lowest BCUT2D eigenvalue weighted by Gasteiger charge is -2.27. The summed E-state index contributed by atoms with van der Waals surface area (Å²) in [6, 6.07) is 16.4. The van der Waals surface area contributed by atoms with Gasteiger partial charge in [-0.05, 0) is 30.2 Å². The number of hydrogen-bond donors (Lipinski definition) is 1. The normalized spacial score (nSPS) is 11.6. The van der Waals surface area contributed by atoms with Gasteiger partial charge < -0.3 is 10.2 Å². The molecule has 0 aliphatic carbocycles. The van der Waals surface area contributed by atoms with E-state index < -0.39 is 6.04 Å². The summed E-state index contributed by atoms with van der Waals surface area (Å²) < 4.78 is 0. The molecule has 0 radical (unpaired) electrons. The second-order valence-electron chi connectivity index (χ2n) is 5.65. The average molecular weight is 345 g/mol. The summed E-state index contributed by atoms with van der Waals surface area (Å²) in [5, 5.41) is 3.52. The smallest absolute Gasteiger partial charge is 0.242 e. The zero-order chi connectivity index (χ0) is 17.5. The lowest BCUT2D eigenvalue weighted by molar-refractivity contribution is -0.139. The van der Waals surface area contributed by atoms with Crippen molar-refractivity contribution in [3.05, 3.63) is 70.7 Å². The van der Waals surface area contributed by atoms with Gasteiger partial charge in [0.2, 0.25) is 11.8 Å². The first-order chi connectivity index (χ1) is 11.5. The first kappa shape index (κ1) is 18.0. The summed E-state index contributed by atoms with van der Waals surface area (Å²) in [6.07, 6.45) is 0. The number of hydrogen-bond acceptors (Lipinski definition) is 2. The second-order valence-corrected chi connectivity index (χ2v) is 6.09. The van der Waals surface area contributed by atoms with Gasteiger partial charge in [-0.2, -0.15) is 0 Å². The molecule has 1 unspecified atom stereocenters. The van der Waals surface area contributed by atoms with E-state index >= 15 is 0 Å². The summed E-state index contributed by atoms with van der Waals surface area (Å²) in [5.41, 5.74) is 1.95. The van der Waals surface area contributed by atoms with Gasteiger partial charge in [0.1, 0.15) is 6.04 Å². The third kappa shape index (κ3) is 5.10. The van der Waals surface area contributed by atoms with E-state index in [9.17, 15) is 9.59 Å². The molecule has 0 heterocycles. The number of carbonyl (C=O) groups excluding carboxylic acids is 2. The van der Waals surface area contributed by atoms with Crippen LogP contribution in [0.3, 0.4) is 0 Å². The zero-order valence-electron chi connectivity index (χ0n) is 13.8. The van der Waals surface area contributed by atoms with Crippen molar-refractivity contribution >= 4 is 23.4 Å². The first-order valence-corrected chi connectivity index (χ1v) is 8.18. The number of carbonyl (C=O) groups is 2. The number of amides is 2. The predicted octanol–water partition coefficient (Wildman–Crippen LogP) is 3.39. The molecule has 4 nitrogen and oxygen atoms in total. The maximum absolute atomic E-state index is 12.4. The van der Waals surface area contributed by atoms with E-state index in [2.05, 4.69) is 5.32 Å². The van der Waals surface area contributed by atoms with Crippen LogP contribution >= 0.6 is 11.6 Å². The van der Waals surface area contributed by atoms with Gasteiger partial charge in [0.05, 0.1) is 0 Å². The molecule has 2 rings (SSSR count). The summed E-state index contributed by atoms with van der Waals surface area (Å²) in [5.74, 6) is -0.316. The monoisotopic (exact) mass is 344 g/mol. The molecule has 5 heteroatoms. The molecule has 0 fully saturated rings. The fourth-order valence-electron chi connectivity index (χ4n) is 2.38. The molecular formula is C19H21ClN2O2. The Bertz CT molecular complexity index is 686. The van der Waals surface area contributed by atoms with Crippen molar-refractivity contribution < 1.29 is 9.59 Å². The lowest BCUT2D eigenvalue weighted by Crippen LogP contribution is -2.46. The number of rotatable bonds is 6. The minimum absolute atomic E-state index is 0.131. The molecule has 2 aromatic carbocycles. The van der Waals surface area contributed by atoms with Gasteiger partial charge in [-0.1, -0.05) is 54.1 Å². The third-order valence-corrected chi connectivity index (χ3v) is 4.08. The molecule has 2 amide bonds. The molecule has 0 spiro atoms. The van der Waals surface area contributed by atoms with Crippen LogP contribution in [0.1, 0.15) is 25.0 Å². The van der Waals surface area contributed by atoms with Gasteiger partial charge in [-0.15, -0.1) is 0 Å². The van der Waals surface area contributed by atoms with E-state index in [1.165, 1.54) is 6.92 Å². The van der Waals surface area contributed by atoms with Crippen molar-refractivity contribution in [1.29, 1.82) is 0 Å². The molecule has 0 saturated carbocycles. The van der Waals surface area contributed by atoms with E-state index in [0.29, 0.717) is 18.1 Å². The molecule has 0 aromatic heterocycles. The van der Waals surface area contributed by atoms with Crippen LogP contribution < -0.4 is 5.32 Å². The van der Waals surface area contributed by atoms with E-state index in [0.717, 1.165) is 11.1 Å². The molecule has 2 aromatic rings. The van der Waals surface area contributed by atoms with Gasteiger partial charge in [0, 0.05) is 25.0 Å². The van der Waals surface area contributed by atoms with Crippen LogP contribution in [0, 0.1) is 0 Å². The van der Waals surface area contributed by atoms with Gasteiger partial charge in [-0.25, -0.2) is 0 Å². The maximum atomic E-state index is 12.4. The Kier molecular flexibility index (Phi) is 6.38. The summed E-state index contributed by atoms with van der Waals surface area (Å²) in [7, 11) is 0. The number of benzene rings is 2. The summed E-state index contributed by atoms with van der Waals surface area (Å²) >= 11 is 5.85. The fourth-order valence-corrected chi connectivity index (χ4v) is 2.51. The van der Waals surface area contributed by atoms with Gasteiger partial charge in [-0.3, -0.25) is 9.59 Å². The van der Waals surface area contributed by atoms with E-state index in [1.54, 1.807) is 24.0 Å². The van der Waals surface area contributed by atoms with Crippen molar-refractivity contribution in [2.75, 3.05) is 0 Å². The highest BCUT2D eigenvalue weighted by Crippen LogP contribution is 2.11. The number of nitrogens with one attached hydrogen (secondary N) is 1. The Morgan fingerprint density at radius 2 is 1.67 bits per heavy atom. The van der Waals surface area contributed by atoms with Crippen LogP contribution in [0.5, 0.6) is 0 Å². The minimum Gasteiger partial charge on any atom is -0.350 e. The third-order valence-electron chi connectivity index (χ3n) is 3.83.